The van der Waals surface area contributed by atoms with Gasteiger partial charge in [-0.1, -0.05) is 12.8 Å². The molecule has 20 heavy (non-hydrogen) atoms. The van der Waals surface area contributed by atoms with Crippen LogP contribution in [0.1, 0.15) is 25.7 Å². The van der Waals surface area contributed by atoms with E-state index in [2.05, 4.69) is 9.97 Å². The Morgan fingerprint density at radius 1 is 1.30 bits per heavy atom. The summed E-state index contributed by atoms with van der Waals surface area (Å²) in [6.45, 7) is 0.601. The summed E-state index contributed by atoms with van der Waals surface area (Å²) in [5.74, 6) is 0.843. The van der Waals surface area contributed by atoms with E-state index in [0.29, 0.717) is 12.2 Å². The number of fused-ring (bicyclic) bond motifs is 1. The Labute approximate surface area is 118 Å². The fourth-order valence-electron chi connectivity index (χ4n) is 3.07. The highest BCUT2D eigenvalue weighted by Gasteiger charge is 2.32. The lowest BCUT2D eigenvalue weighted by molar-refractivity contribution is 0.0558. The second-order valence-corrected chi connectivity index (χ2v) is 5.76. The molecule has 3 rings (SSSR count). The highest BCUT2D eigenvalue weighted by atomic mass is 16.3. The molecule has 106 valence electrons. The van der Waals surface area contributed by atoms with Crippen LogP contribution >= 0.6 is 0 Å². The van der Waals surface area contributed by atoms with Crippen molar-refractivity contribution in [3.05, 3.63) is 24.5 Å². The van der Waals surface area contributed by atoms with Crippen LogP contribution in [0, 0.1) is 0 Å². The molecule has 1 aliphatic carbocycles. The Hall–Kier alpha value is -1.88. The molecule has 0 saturated heterocycles. The van der Waals surface area contributed by atoms with Crippen molar-refractivity contribution < 1.29 is 5.11 Å². The number of aliphatic hydroxyl groups is 1. The summed E-state index contributed by atoms with van der Waals surface area (Å²) in [6.07, 6.45) is 5.49. The van der Waals surface area contributed by atoms with Gasteiger partial charge >= 0.3 is 0 Å². The molecule has 1 aromatic heterocycles. The van der Waals surface area contributed by atoms with Crippen molar-refractivity contribution in [2.24, 2.45) is 0 Å². The van der Waals surface area contributed by atoms with Crippen LogP contribution in [0.3, 0.4) is 0 Å². The molecule has 1 aromatic carbocycles. The van der Waals surface area contributed by atoms with E-state index in [1.54, 1.807) is 6.33 Å². The zero-order valence-electron chi connectivity index (χ0n) is 11.7. The minimum Gasteiger partial charge on any atom is -0.399 e. The standard InChI is InChI=1S/C15H20N4O/c1-19(9-15(20)6-2-3-7-15)14-12-5-4-11(16)8-13(12)17-10-18-14/h4-5,8,10,20H,2-3,6-7,9,16H2,1H3. The molecule has 2 aromatic rings. The maximum Gasteiger partial charge on any atom is 0.139 e. The molecule has 0 spiro atoms. The lowest BCUT2D eigenvalue weighted by Crippen LogP contribution is -2.39. The maximum absolute atomic E-state index is 10.5. The lowest BCUT2D eigenvalue weighted by atomic mass is 10.0. The molecule has 1 heterocycles. The van der Waals surface area contributed by atoms with Crippen LogP contribution in [0.4, 0.5) is 11.5 Å². The number of hydrogen-bond donors (Lipinski definition) is 2. The third-order valence-electron chi connectivity index (χ3n) is 4.07. The van der Waals surface area contributed by atoms with Crippen molar-refractivity contribution in [1.29, 1.82) is 0 Å². The number of aromatic nitrogens is 2. The van der Waals surface area contributed by atoms with Crippen LogP contribution in [0.5, 0.6) is 0 Å². The number of likely N-dealkylation sites (N-methyl/N-ethyl adjacent to an activating group) is 1. The Balaban J connectivity index is 1.93. The third-order valence-corrected chi connectivity index (χ3v) is 4.07. The average molecular weight is 272 g/mol. The summed E-state index contributed by atoms with van der Waals surface area (Å²) < 4.78 is 0. The first kappa shape index (κ1) is 13.1. The zero-order valence-corrected chi connectivity index (χ0v) is 11.7. The van der Waals surface area contributed by atoms with E-state index in [9.17, 15) is 5.11 Å². The van der Waals surface area contributed by atoms with E-state index in [1.807, 2.05) is 30.1 Å². The summed E-state index contributed by atoms with van der Waals surface area (Å²) >= 11 is 0. The molecule has 0 bridgehead atoms. The predicted octanol–water partition coefficient (Wildman–Crippen LogP) is 1.95. The molecule has 5 heteroatoms. The molecule has 0 atom stereocenters. The van der Waals surface area contributed by atoms with Gasteiger partial charge in [-0.05, 0) is 31.0 Å². The smallest absolute Gasteiger partial charge is 0.139 e. The third kappa shape index (κ3) is 2.41. The number of nitrogens with two attached hydrogens (primary N) is 1. The van der Waals surface area contributed by atoms with Gasteiger partial charge in [0.2, 0.25) is 0 Å². The van der Waals surface area contributed by atoms with Crippen LogP contribution in [0.2, 0.25) is 0 Å². The largest absolute Gasteiger partial charge is 0.399 e. The quantitative estimate of drug-likeness (QED) is 0.835. The van der Waals surface area contributed by atoms with Gasteiger partial charge < -0.3 is 15.7 Å². The highest BCUT2D eigenvalue weighted by Crippen LogP contribution is 2.32. The van der Waals surface area contributed by atoms with Gasteiger partial charge in [0.15, 0.2) is 0 Å². The number of nitrogen functional groups attached to an aromatic ring is 1. The van der Waals surface area contributed by atoms with Crippen molar-refractivity contribution in [2.75, 3.05) is 24.2 Å². The molecule has 0 radical (unpaired) electrons. The summed E-state index contributed by atoms with van der Waals surface area (Å²) in [7, 11) is 1.97. The van der Waals surface area contributed by atoms with Gasteiger partial charge in [0.1, 0.15) is 12.1 Å². The van der Waals surface area contributed by atoms with E-state index in [4.69, 9.17) is 5.73 Å². The first-order valence-electron chi connectivity index (χ1n) is 7.01. The van der Waals surface area contributed by atoms with Gasteiger partial charge in [0.25, 0.3) is 0 Å². The fourth-order valence-corrected chi connectivity index (χ4v) is 3.07. The second kappa shape index (κ2) is 4.90. The average Bonchev–Trinajstić information content (AvgIpc) is 2.84. The number of anilines is 2. The van der Waals surface area contributed by atoms with E-state index >= 15 is 0 Å². The molecule has 3 N–H and O–H groups in total. The van der Waals surface area contributed by atoms with Gasteiger partial charge in [-0.25, -0.2) is 9.97 Å². The molecular weight excluding hydrogens is 252 g/mol. The van der Waals surface area contributed by atoms with Crippen LogP contribution in [0.15, 0.2) is 24.5 Å². The Morgan fingerprint density at radius 3 is 2.80 bits per heavy atom. The van der Waals surface area contributed by atoms with Crippen LogP contribution < -0.4 is 10.6 Å². The van der Waals surface area contributed by atoms with Crippen LogP contribution in [-0.4, -0.2) is 34.3 Å². The van der Waals surface area contributed by atoms with Gasteiger partial charge in [0, 0.05) is 24.7 Å². The summed E-state index contributed by atoms with van der Waals surface area (Å²) in [5.41, 5.74) is 6.73. The molecule has 1 saturated carbocycles. The molecule has 5 nitrogen and oxygen atoms in total. The zero-order chi connectivity index (χ0) is 14.2. The van der Waals surface area contributed by atoms with Crippen molar-refractivity contribution in [2.45, 2.75) is 31.3 Å². The van der Waals surface area contributed by atoms with E-state index in [-0.39, 0.29) is 0 Å². The number of nitrogens with zero attached hydrogens (tertiary/aromatic N) is 3. The number of benzene rings is 1. The van der Waals surface area contributed by atoms with Gasteiger partial charge in [-0.3, -0.25) is 0 Å². The first-order valence-corrected chi connectivity index (χ1v) is 7.01. The number of rotatable bonds is 3. The first-order chi connectivity index (χ1) is 9.57. The summed E-state index contributed by atoms with van der Waals surface area (Å²) in [5, 5.41) is 11.5. The Bertz CT molecular complexity index is 622. The molecule has 0 amide bonds. The second-order valence-electron chi connectivity index (χ2n) is 5.76. The van der Waals surface area contributed by atoms with E-state index in [0.717, 1.165) is 42.4 Å². The molecule has 1 aliphatic rings. The summed E-state index contributed by atoms with van der Waals surface area (Å²) in [4.78, 5) is 10.6. The monoisotopic (exact) mass is 272 g/mol. The normalized spacial score (nSPS) is 17.5. The Morgan fingerprint density at radius 2 is 2.05 bits per heavy atom. The molecule has 0 unspecified atom stereocenters. The predicted molar refractivity (Wildman–Crippen MR) is 80.6 cm³/mol. The molecule has 0 aliphatic heterocycles. The highest BCUT2D eigenvalue weighted by molar-refractivity contribution is 5.91. The molecular formula is C15H20N4O. The summed E-state index contributed by atoms with van der Waals surface area (Å²) in [6, 6.07) is 5.64. The minimum atomic E-state index is -0.584. The SMILES string of the molecule is CN(CC1(O)CCCC1)c1ncnc2cc(N)ccc12. The van der Waals surface area contributed by atoms with Gasteiger partial charge in [-0.2, -0.15) is 0 Å². The molecule has 1 fully saturated rings. The lowest BCUT2D eigenvalue weighted by Gasteiger charge is -2.29. The van der Waals surface area contributed by atoms with Crippen molar-refractivity contribution in [3.8, 4) is 0 Å². The topological polar surface area (TPSA) is 75.3 Å². The van der Waals surface area contributed by atoms with E-state index < -0.39 is 5.60 Å². The minimum absolute atomic E-state index is 0.584. The van der Waals surface area contributed by atoms with Crippen LogP contribution in [0.25, 0.3) is 10.9 Å². The van der Waals surface area contributed by atoms with Gasteiger partial charge in [0.05, 0.1) is 11.1 Å². The van der Waals surface area contributed by atoms with Crippen LogP contribution in [-0.2, 0) is 0 Å². The maximum atomic E-state index is 10.5. The van der Waals surface area contributed by atoms with Crippen molar-refractivity contribution >= 4 is 22.4 Å². The van der Waals surface area contributed by atoms with Gasteiger partial charge in [-0.15, -0.1) is 0 Å². The Kier molecular flexibility index (Phi) is 3.22. The number of hydrogen-bond acceptors (Lipinski definition) is 5. The van der Waals surface area contributed by atoms with E-state index in [1.165, 1.54) is 0 Å². The van der Waals surface area contributed by atoms with Crippen molar-refractivity contribution in [3.63, 3.8) is 0 Å². The fraction of sp³-hybridized carbons (Fsp3) is 0.467. The van der Waals surface area contributed by atoms with Crippen molar-refractivity contribution in [1.82, 2.24) is 9.97 Å².